The molecule has 0 spiro atoms. The maximum Gasteiger partial charge on any atom is 0.197 e. The lowest BCUT2D eigenvalue weighted by Gasteiger charge is -2.09. The maximum atomic E-state index is 14.3. The molecule has 9 heteroatoms. The van der Waals surface area contributed by atoms with Crippen molar-refractivity contribution in [3.8, 4) is 22.8 Å². The lowest BCUT2D eigenvalue weighted by molar-refractivity contribution is 0.628. The third kappa shape index (κ3) is 3.46. The molecular formula is C22H18FN7S. The van der Waals surface area contributed by atoms with Crippen molar-refractivity contribution in [1.29, 1.82) is 0 Å². The number of fused-ring (bicyclic) bond motifs is 1. The van der Waals surface area contributed by atoms with Crippen molar-refractivity contribution in [2.75, 3.05) is 0 Å². The van der Waals surface area contributed by atoms with Crippen LogP contribution >= 0.6 is 11.8 Å². The molecule has 3 aromatic heterocycles. The summed E-state index contributed by atoms with van der Waals surface area (Å²) in [5.74, 6) is 0.805. The second-order valence-electron chi connectivity index (χ2n) is 6.91. The maximum absolute atomic E-state index is 14.3. The van der Waals surface area contributed by atoms with Gasteiger partial charge in [0.05, 0.1) is 5.56 Å². The van der Waals surface area contributed by atoms with Crippen LogP contribution in [-0.2, 0) is 6.54 Å². The van der Waals surface area contributed by atoms with Crippen molar-refractivity contribution in [2.24, 2.45) is 0 Å². The van der Waals surface area contributed by atoms with Gasteiger partial charge in [0.2, 0.25) is 0 Å². The first-order chi connectivity index (χ1) is 15.2. The molecule has 0 saturated heterocycles. The summed E-state index contributed by atoms with van der Waals surface area (Å²) < 4.78 is 17.9. The zero-order valence-electron chi connectivity index (χ0n) is 16.9. The quantitative estimate of drug-likeness (QED) is 0.403. The molecule has 3 heterocycles. The molecule has 0 saturated carbocycles. The highest BCUT2D eigenvalue weighted by Crippen LogP contribution is 2.30. The van der Waals surface area contributed by atoms with E-state index in [9.17, 15) is 4.39 Å². The Morgan fingerprint density at radius 3 is 2.35 bits per heavy atom. The Labute approximate surface area is 182 Å². The number of aromatic nitrogens is 7. The molecule has 0 N–H and O–H groups in total. The van der Waals surface area contributed by atoms with Crippen LogP contribution in [-0.4, -0.2) is 34.6 Å². The molecule has 7 nitrogen and oxygen atoms in total. The first kappa shape index (κ1) is 19.4. The van der Waals surface area contributed by atoms with Crippen LogP contribution < -0.4 is 0 Å². The van der Waals surface area contributed by atoms with Gasteiger partial charge in [-0.1, -0.05) is 36.4 Å². The monoisotopic (exact) mass is 431 g/mol. The van der Waals surface area contributed by atoms with Gasteiger partial charge in [0.25, 0.3) is 0 Å². The van der Waals surface area contributed by atoms with Gasteiger partial charge < -0.3 is 4.57 Å². The highest BCUT2D eigenvalue weighted by Gasteiger charge is 2.18. The number of benzene rings is 2. The smallest absolute Gasteiger partial charge is 0.197 e. The van der Waals surface area contributed by atoms with Crippen LogP contribution in [0.3, 0.4) is 0 Å². The van der Waals surface area contributed by atoms with Gasteiger partial charge in [-0.25, -0.2) is 4.39 Å². The highest BCUT2D eigenvalue weighted by atomic mass is 32.2. The Kier molecular flexibility index (Phi) is 4.95. The lowest BCUT2D eigenvalue weighted by atomic mass is 10.1. The molecule has 5 rings (SSSR count). The number of nitrogens with zero attached hydrogens (tertiary/aromatic N) is 7. The first-order valence-electron chi connectivity index (χ1n) is 9.80. The van der Waals surface area contributed by atoms with Crippen LogP contribution in [0.2, 0.25) is 0 Å². The van der Waals surface area contributed by atoms with E-state index in [1.165, 1.54) is 17.8 Å². The van der Waals surface area contributed by atoms with Crippen molar-refractivity contribution < 1.29 is 4.39 Å². The van der Waals surface area contributed by atoms with Gasteiger partial charge in [0, 0.05) is 12.1 Å². The molecule has 0 amide bonds. The molecule has 0 bridgehead atoms. The molecule has 31 heavy (non-hydrogen) atoms. The largest absolute Gasteiger partial charge is 0.302 e. The average Bonchev–Trinajstić information content (AvgIpc) is 3.38. The van der Waals surface area contributed by atoms with Gasteiger partial charge in [0.1, 0.15) is 10.8 Å². The molecule has 0 radical (unpaired) electrons. The summed E-state index contributed by atoms with van der Waals surface area (Å²) >= 11 is 1.39. The SMILES string of the molecule is CCn1c(Sc2ccc3nnc(-c4ccccc4F)n3n2)nnc1-c1ccccc1C. The summed E-state index contributed by atoms with van der Waals surface area (Å²) in [4.78, 5) is 0. The molecule has 5 aromatic rings. The number of hydrogen-bond acceptors (Lipinski definition) is 6. The minimum atomic E-state index is -0.370. The van der Waals surface area contributed by atoms with Crippen LogP contribution in [0.15, 0.2) is 70.8 Å². The van der Waals surface area contributed by atoms with E-state index in [1.54, 1.807) is 22.7 Å². The van der Waals surface area contributed by atoms with Crippen molar-refractivity contribution >= 4 is 17.4 Å². The van der Waals surface area contributed by atoms with Crippen molar-refractivity contribution in [2.45, 2.75) is 30.6 Å². The first-order valence-corrected chi connectivity index (χ1v) is 10.6. The molecule has 0 fully saturated rings. The van der Waals surface area contributed by atoms with Crippen molar-refractivity contribution in [3.63, 3.8) is 0 Å². The van der Waals surface area contributed by atoms with E-state index in [1.807, 2.05) is 30.3 Å². The Balaban J connectivity index is 1.54. The van der Waals surface area contributed by atoms with Gasteiger partial charge in [-0.2, -0.15) is 9.61 Å². The van der Waals surface area contributed by atoms with Gasteiger partial charge in [0.15, 0.2) is 22.5 Å². The fraction of sp³-hybridized carbons (Fsp3) is 0.136. The second-order valence-corrected chi connectivity index (χ2v) is 7.90. The molecular weight excluding hydrogens is 413 g/mol. The minimum Gasteiger partial charge on any atom is -0.302 e. The molecule has 2 aromatic carbocycles. The number of aryl methyl sites for hydroxylation is 1. The van der Waals surface area contributed by atoms with E-state index in [-0.39, 0.29) is 5.82 Å². The summed E-state index contributed by atoms with van der Waals surface area (Å²) in [6, 6.07) is 18.2. The van der Waals surface area contributed by atoms with E-state index in [0.29, 0.717) is 28.6 Å². The molecule has 154 valence electrons. The third-order valence-corrected chi connectivity index (χ3v) is 5.88. The Morgan fingerprint density at radius 1 is 0.839 bits per heavy atom. The van der Waals surface area contributed by atoms with E-state index in [4.69, 9.17) is 0 Å². The number of rotatable bonds is 5. The summed E-state index contributed by atoms with van der Waals surface area (Å²) in [6.07, 6.45) is 0. The summed E-state index contributed by atoms with van der Waals surface area (Å²) in [5, 5.41) is 23.1. The van der Waals surface area contributed by atoms with E-state index < -0.39 is 0 Å². The van der Waals surface area contributed by atoms with Crippen LogP contribution in [0.4, 0.5) is 4.39 Å². The zero-order chi connectivity index (χ0) is 21.4. The van der Waals surface area contributed by atoms with Gasteiger partial charge >= 0.3 is 0 Å². The Hall–Kier alpha value is -3.59. The van der Waals surface area contributed by atoms with Crippen LogP contribution in [0.1, 0.15) is 12.5 Å². The summed E-state index contributed by atoms with van der Waals surface area (Å²) in [7, 11) is 0. The van der Waals surface area contributed by atoms with E-state index in [0.717, 1.165) is 22.1 Å². The van der Waals surface area contributed by atoms with Crippen LogP contribution in [0.25, 0.3) is 28.4 Å². The predicted molar refractivity (Wildman–Crippen MR) is 116 cm³/mol. The Morgan fingerprint density at radius 2 is 1.58 bits per heavy atom. The predicted octanol–water partition coefficient (Wildman–Crippen LogP) is 4.67. The number of halogens is 1. The molecule has 0 aliphatic rings. The normalized spacial score (nSPS) is 11.3. The molecule has 0 aliphatic carbocycles. The Bertz CT molecular complexity index is 1390. The fourth-order valence-corrected chi connectivity index (χ4v) is 4.26. The van der Waals surface area contributed by atoms with E-state index in [2.05, 4.69) is 50.0 Å². The van der Waals surface area contributed by atoms with Crippen LogP contribution in [0.5, 0.6) is 0 Å². The van der Waals surface area contributed by atoms with Crippen LogP contribution in [0, 0.1) is 12.7 Å². The minimum absolute atomic E-state index is 0.350. The summed E-state index contributed by atoms with van der Waals surface area (Å²) in [5.41, 5.74) is 3.08. The molecule has 0 aliphatic heterocycles. The zero-order valence-corrected chi connectivity index (χ0v) is 17.7. The lowest BCUT2D eigenvalue weighted by Crippen LogP contribution is -2.02. The van der Waals surface area contributed by atoms with Gasteiger partial charge in [-0.15, -0.1) is 20.4 Å². The number of hydrogen-bond donors (Lipinski definition) is 0. The average molecular weight is 432 g/mol. The highest BCUT2D eigenvalue weighted by molar-refractivity contribution is 7.99. The third-order valence-electron chi connectivity index (χ3n) is 4.97. The summed E-state index contributed by atoms with van der Waals surface area (Å²) in [6.45, 7) is 4.83. The van der Waals surface area contributed by atoms with Crippen molar-refractivity contribution in [1.82, 2.24) is 34.6 Å². The molecule has 0 unspecified atom stereocenters. The van der Waals surface area contributed by atoms with Gasteiger partial charge in [-0.3, -0.25) is 0 Å². The van der Waals surface area contributed by atoms with Crippen molar-refractivity contribution in [3.05, 3.63) is 72.0 Å². The van der Waals surface area contributed by atoms with E-state index >= 15 is 0 Å². The topological polar surface area (TPSA) is 73.8 Å². The van der Waals surface area contributed by atoms with Gasteiger partial charge in [-0.05, 0) is 55.4 Å². The molecule has 0 atom stereocenters. The second kappa shape index (κ2) is 7.92. The fourth-order valence-electron chi connectivity index (χ4n) is 3.40. The standard InChI is InChI=1S/C22H18FN7S/c1-3-29-20(15-9-5-4-8-14(15)2)25-27-22(29)31-19-13-12-18-24-26-21(30(18)28-19)16-10-6-7-11-17(16)23/h4-13H,3H2,1-2H3.